The van der Waals surface area contributed by atoms with E-state index in [2.05, 4.69) is 113 Å². The molecule has 0 aromatic rings. The molecule has 0 aromatic carbocycles. The van der Waals surface area contributed by atoms with Gasteiger partial charge in [-0.2, -0.15) is 0 Å². The van der Waals surface area contributed by atoms with E-state index in [0.717, 1.165) is 19.6 Å². The van der Waals surface area contributed by atoms with Crippen LogP contribution >= 0.6 is 0 Å². The molecule has 7 nitrogen and oxygen atoms in total. The maximum Gasteiger partial charge on any atom is 0.0974 e. The summed E-state index contributed by atoms with van der Waals surface area (Å²) in [6, 6.07) is 0. The molecular weight excluding hydrogens is 386 g/mol. The van der Waals surface area contributed by atoms with Gasteiger partial charge in [-0.25, -0.2) is 0 Å². The van der Waals surface area contributed by atoms with Gasteiger partial charge in [0.2, 0.25) is 0 Å². The van der Waals surface area contributed by atoms with Crippen molar-refractivity contribution in [3.8, 4) is 0 Å². The first-order valence-electron chi connectivity index (χ1n) is 12.1. The standard InChI is InChI=1S/C24H45N7/c1-22-25(4)16-19-29(22)13-7-10-28(11-8-14-30-20-17-26(5)23(30)2)12-9-15-31-21-18-27(6)24(31)3/h16-24H,7-15H2,1-6H3. The summed E-state index contributed by atoms with van der Waals surface area (Å²) in [4.78, 5) is 16.9. The monoisotopic (exact) mass is 431 g/mol. The van der Waals surface area contributed by atoms with Crippen molar-refractivity contribution in [1.82, 2.24) is 34.3 Å². The molecule has 0 aliphatic carbocycles. The van der Waals surface area contributed by atoms with Gasteiger partial charge in [0.15, 0.2) is 0 Å². The number of nitrogens with zero attached hydrogens (tertiary/aromatic N) is 7. The maximum atomic E-state index is 2.69. The van der Waals surface area contributed by atoms with E-state index in [1.165, 1.54) is 38.9 Å². The first-order valence-corrected chi connectivity index (χ1v) is 12.1. The Morgan fingerprint density at radius 1 is 0.516 bits per heavy atom. The first kappa shape index (κ1) is 23.6. The quantitative estimate of drug-likeness (QED) is 0.468. The fraction of sp³-hybridized carbons (Fsp3) is 0.750. The Bertz CT molecular complexity index is 548. The van der Waals surface area contributed by atoms with Crippen LogP contribution in [-0.2, 0) is 0 Å². The zero-order chi connectivity index (χ0) is 22.4. The molecule has 3 aliphatic rings. The van der Waals surface area contributed by atoms with Crippen LogP contribution in [0.2, 0.25) is 0 Å². The molecule has 7 heteroatoms. The second kappa shape index (κ2) is 11.0. The van der Waals surface area contributed by atoms with Gasteiger partial charge in [-0.15, -0.1) is 0 Å². The van der Waals surface area contributed by atoms with Crippen molar-refractivity contribution in [3.63, 3.8) is 0 Å². The molecule has 3 atom stereocenters. The molecule has 0 amide bonds. The zero-order valence-corrected chi connectivity index (χ0v) is 20.7. The minimum atomic E-state index is 0.481. The number of hydrogen-bond acceptors (Lipinski definition) is 7. The second-order valence-electron chi connectivity index (χ2n) is 9.40. The van der Waals surface area contributed by atoms with Gasteiger partial charge in [0.05, 0.1) is 18.5 Å². The Balaban J connectivity index is 1.42. The van der Waals surface area contributed by atoms with Crippen LogP contribution in [0.15, 0.2) is 37.2 Å². The molecule has 0 saturated heterocycles. The van der Waals surface area contributed by atoms with Crippen molar-refractivity contribution in [2.75, 3.05) is 60.4 Å². The summed E-state index contributed by atoms with van der Waals surface area (Å²) < 4.78 is 0. The van der Waals surface area contributed by atoms with E-state index in [-0.39, 0.29) is 0 Å². The van der Waals surface area contributed by atoms with Gasteiger partial charge in [0, 0.05) is 78.0 Å². The van der Waals surface area contributed by atoms with Crippen LogP contribution in [0.4, 0.5) is 0 Å². The summed E-state index contributed by atoms with van der Waals surface area (Å²) >= 11 is 0. The fourth-order valence-electron chi connectivity index (χ4n) is 4.57. The average Bonchev–Trinajstić information content (AvgIpc) is 3.36. The molecule has 176 valence electrons. The van der Waals surface area contributed by atoms with Crippen molar-refractivity contribution in [1.29, 1.82) is 0 Å². The molecule has 3 heterocycles. The highest BCUT2D eigenvalue weighted by Gasteiger charge is 2.21. The molecule has 3 unspecified atom stereocenters. The van der Waals surface area contributed by atoms with Gasteiger partial charge in [0.25, 0.3) is 0 Å². The molecule has 0 saturated carbocycles. The lowest BCUT2D eigenvalue weighted by atomic mass is 10.2. The van der Waals surface area contributed by atoms with Gasteiger partial charge < -0.3 is 34.3 Å². The Kier molecular flexibility index (Phi) is 8.41. The molecule has 0 fully saturated rings. The minimum absolute atomic E-state index is 0.481. The topological polar surface area (TPSA) is 22.7 Å². The van der Waals surface area contributed by atoms with Crippen molar-refractivity contribution in [2.45, 2.75) is 58.5 Å². The maximum absolute atomic E-state index is 2.69. The van der Waals surface area contributed by atoms with Crippen molar-refractivity contribution in [3.05, 3.63) is 37.2 Å². The number of rotatable bonds is 12. The summed E-state index contributed by atoms with van der Waals surface area (Å²) in [6.07, 6.45) is 18.4. The first-order chi connectivity index (χ1) is 14.9. The zero-order valence-electron chi connectivity index (χ0n) is 20.7. The van der Waals surface area contributed by atoms with Gasteiger partial charge in [-0.1, -0.05) is 0 Å². The molecule has 3 rings (SSSR count). The Morgan fingerprint density at radius 3 is 1.03 bits per heavy atom. The molecular formula is C24H45N7. The minimum Gasteiger partial charge on any atom is -0.359 e. The lowest BCUT2D eigenvalue weighted by molar-refractivity contribution is 0.160. The van der Waals surface area contributed by atoms with E-state index in [1.54, 1.807) is 0 Å². The highest BCUT2D eigenvalue weighted by Crippen LogP contribution is 2.16. The molecule has 0 aromatic heterocycles. The van der Waals surface area contributed by atoms with Crippen molar-refractivity contribution < 1.29 is 0 Å². The van der Waals surface area contributed by atoms with Crippen LogP contribution in [0.5, 0.6) is 0 Å². The third kappa shape index (κ3) is 6.25. The second-order valence-corrected chi connectivity index (χ2v) is 9.40. The summed E-state index contributed by atoms with van der Waals surface area (Å²) in [5, 5.41) is 0. The van der Waals surface area contributed by atoms with Gasteiger partial charge in [-0.05, 0) is 59.7 Å². The largest absolute Gasteiger partial charge is 0.359 e. The highest BCUT2D eigenvalue weighted by atomic mass is 15.4. The average molecular weight is 432 g/mol. The fourth-order valence-corrected chi connectivity index (χ4v) is 4.57. The van der Waals surface area contributed by atoms with E-state index in [4.69, 9.17) is 0 Å². The molecule has 3 aliphatic heterocycles. The molecule has 0 bridgehead atoms. The van der Waals surface area contributed by atoms with Crippen LogP contribution < -0.4 is 0 Å². The summed E-state index contributed by atoms with van der Waals surface area (Å²) in [5.74, 6) is 0. The smallest absolute Gasteiger partial charge is 0.0974 e. The summed E-state index contributed by atoms with van der Waals surface area (Å²) in [6.45, 7) is 13.8. The van der Waals surface area contributed by atoms with Crippen LogP contribution in [0.3, 0.4) is 0 Å². The van der Waals surface area contributed by atoms with Gasteiger partial charge in [0.1, 0.15) is 0 Å². The molecule has 0 N–H and O–H groups in total. The normalized spacial score (nSPS) is 25.5. The summed E-state index contributed by atoms with van der Waals surface area (Å²) in [5.41, 5.74) is 0. The predicted molar refractivity (Wildman–Crippen MR) is 130 cm³/mol. The lowest BCUT2D eigenvalue weighted by Gasteiger charge is -2.31. The van der Waals surface area contributed by atoms with Crippen LogP contribution in [0, 0.1) is 0 Å². The van der Waals surface area contributed by atoms with Crippen LogP contribution in [0.1, 0.15) is 40.0 Å². The van der Waals surface area contributed by atoms with E-state index < -0.39 is 0 Å². The molecule has 0 spiro atoms. The number of hydrogen-bond donors (Lipinski definition) is 0. The Hall–Kier alpha value is -2.02. The van der Waals surface area contributed by atoms with E-state index >= 15 is 0 Å². The highest BCUT2D eigenvalue weighted by molar-refractivity contribution is 4.95. The van der Waals surface area contributed by atoms with E-state index in [1.807, 2.05) is 0 Å². The van der Waals surface area contributed by atoms with Crippen molar-refractivity contribution in [2.24, 2.45) is 0 Å². The van der Waals surface area contributed by atoms with Crippen molar-refractivity contribution >= 4 is 0 Å². The third-order valence-electron chi connectivity index (χ3n) is 7.36. The molecule has 0 radical (unpaired) electrons. The van der Waals surface area contributed by atoms with Gasteiger partial charge in [-0.3, -0.25) is 0 Å². The Morgan fingerprint density at radius 2 is 0.806 bits per heavy atom. The van der Waals surface area contributed by atoms with Crippen LogP contribution in [-0.4, -0.2) is 113 Å². The SMILES string of the molecule is CC1N(C)C=CN1CCCN(CCCN1C=CN(C)C1C)CCCN1C=CN(C)C1C. The van der Waals surface area contributed by atoms with E-state index in [9.17, 15) is 0 Å². The third-order valence-corrected chi connectivity index (χ3v) is 7.36. The lowest BCUT2D eigenvalue weighted by Crippen LogP contribution is -2.38. The predicted octanol–water partition coefficient (Wildman–Crippen LogP) is 2.65. The Labute approximate surface area is 190 Å². The molecule has 31 heavy (non-hydrogen) atoms. The van der Waals surface area contributed by atoms with E-state index in [0.29, 0.717) is 18.5 Å². The van der Waals surface area contributed by atoms with Gasteiger partial charge >= 0.3 is 0 Å². The summed E-state index contributed by atoms with van der Waals surface area (Å²) in [7, 11) is 6.47. The van der Waals surface area contributed by atoms with Crippen LogP contribution in [0.25, 0.3) is 0 Å².